The number of carboxylic acid groups (broad SMARTS) is 1. The molecule has 1 fully saturated rings. The topological polar surface area (TPSA) is 87.6 Å². The van der Waals surface area contributed by atoms with E-state index in [0.717, 1.165) is 68.3 Å². The predicted octanol–water partition coefficient (Wildman–Crippen LogP) is 4.53. The first-order valence-corrected chi connectivity index (χ1v) is 11.3. The molecular formula is C24H34N4O3. The zero-order valence-electron chi connectivity index (χ0n) is 18.8. The molecule has 1 aliphatic heterocycles. The lowest BCUT2D eigenvalue weighted by molar-refractivity contribution is -0.137. The normalized spacial score (nSPS) is 16.6. The number of carbonyl (C=O) groups is 1. The third kappa shape index (κ3) is 6.02. The van der Waals surface area contributed by atoms with Crippen molar-refractivity contribution < 1.29 is 14.6 Å². The van der Waals surface area contributed by atoms with Crippen LogP contribution in [0.1, 0.15) is 68.9 Å². The van der Waals surface area contributed by atoms with Crippen molar-refractivity contribution >= 4 is 17.3 Å². The van der Waals surface area contributed by atoms with E-state index in [0.29, 0.717) is 0 Å². The van der Waals surface area contributed by atoms with E-state index in [1.54, 1.807) is 0 Å². The number of aryl methyl sites for hydroxylation is 1. The first-order chi connectivity index (χ1) is 15.0. The minimum absolute atomic E-state index is 0.0192. The Morgan fingerprint density at radius 1 is 1.16 bits per heavy atom. The summed E-state index contributed by atoms with van der Waals surface area (Å²) in [5, 5.41) is 12.9. The number of morpholine rings is 1. The van der Waals surface area contributed by atoms with Crippen molar-refractivity contribution in [3.63, 3.8) is 0 Å². The van der Waals surface area contributed by atoms with Gasteiger partial charge >= 0.3 is 5.97 Å². The molecule has 0 bridgehead atoms. The van der Waals surface area contributed by atoms with Gasteiger partial charge in [-0.15, -0.1) is 0 Å². The molecule has 1 aromatic heterocycles. The Balaban J connectivity index is 1.97. The summed E-state index contributed by atoms with van der Waals surface area (Å²) in [6.07, 6.45) is 6.30. The first kappa shape index (κ1) is 23.2. The number of rotatable bonds is 10. The van der Waals surface area contributed by atoms with E-state index < -0.39 is 5.97 Å². The van der Waals surface area contributed by atoms with E-state index in [1.165, 1.54) is 5.56 Å². The molecule has 7 nitrogen and oxygen atoms in total. The molecule has 7 heteroatoms. The van der Waals surface area contributed by atoms with Gasteiger partial charge in [-0.25, -0.2) is 9.97 Å². The highest BCUT2D eigenvalue weighted by molar-refractivity contribution is 5.69. The summed E-state index contributed by atoms with van der Waals surface area (Å²) < 4.78 is 5.55. The van der Waals surface area contributed by atoms with Crippen LogP contribution in [0.4, 0.5) is 11.4 Å². The van der Waals surface area contributed by atoms with Crippen molar-refractivity contribution in [2.24, 2.45) is 0 Å². The Morgan fingerprint density at radius 3 is 2.45 bits per heavy atom. The molecule has 0 spiro atoms. The zero-order chi connectivity index (χ0) is 22.2. The van der Waals surface area contributed by atoms with Gasteiger partial charge in [0.1, 0.15) is 5.82 Å². The van der Waals surface area contributed by atoms with E-state index in [1.807, 2.05) is 26.2 Å². The van der Waals surface area contributed by atoms with Crippen LogP contribution in [0.3, 0.4) is 0 Å². The Kier molecular flexibility index (Phi) is 8.37. The Bertz CT molecular complexity index is 850. The standard InChI is InChI=1S/C24H34N4O3/c1-4-17(14-24(29)30)18-7-8-20(22(5-2)28-9-11-31-12-10-28)21(13-18)27-19-15-25-23(6-3)26-16-19/h7-8,13,15-17,22,27H,4-6,9-12,14H2,1-3H3,(H,29,30)/t17?,22-/m1/s1. The molecule has 0 radical (unpaired) electrons. The van der Waals surface area contributed by atoms with E-state index >= 15 is 0 Å². The molecule has 1 aromatic carbocycles. The largest absolute Gasteiger partial charge is 0.481 e. The van der Waals surface area contributed by atoms with E-state index in [4.69, 9.17) is 4.74 Å². The molecule has 1 unspecified atom stereocenters. The minimum Gasteiger partial charge on any atom is -0.481 e. The Hall–Kier alpha value is -2.51. The van der Waals surface area contributed by atoms with Crippen molar-refractivity contribution in [2.75, 3.05) is 31.6 Å². The van der Waals surface area contributed by atoms with E-state index in [2.05, 4.69) is 45.3 Å². The third-order valence-corrected chi connectivity index (χ3v) is 6.00. The van der Waals surface area contributed by atoms with Crippen LogP contribution in [0, 0.1) is 0 Å². The van der Waals surface area contributed by atoms with Crippen LogP contribution in [-0.2, 0) is 16.0 Å². The van der Waals surface area contributed by atoms with Gasteiger partial charge in [-0.3, -0.25) is 9.69 Å². The van der Waals surface area contributed by atoms with Gasteiger partial charge < -0.3 is 15.2 Å². The lowest BCUT2D eigenvalue weighted by Gasteiger charge is -2.35. The maximum Gasteiger partial charge on any atom is 0.303 e. The number of nitrogens with zero attached hydrogens (tertiary/aromatic N) is 3. The van der Waals surface area contributed by atoms with Crippen LogP contribution < -0.4 is 5.32 Å². The SMILES string of the molecule is CCc1ncc(Nc2cc(C(CC)CC(=O)O)ccc2[C@@H](CC)N2CCOCC2)cn1. The number of hydrogen-bond donors (Lipinski definition) is 2. The highest BCUT2D eigenvalue weighted by Gasteiger charge is 2.24. The molecule has 168 valence electrons. The van der Waals surface area contributed by atoms with Crippen molar-refractivity contribution in [2.45, 2.75) is 58.4 Å². The van der Waals surface area contributed by atoms with Crippen LogP contribution in [-0.4, -0.2) is 52.2 Å². The van der Waals surface area contributed by atoms with Crippen LogP contribution in [0.25, 0.3) is 0 Å². The number of carboxylic acids is 1. The fourth-order valence-electron chi connectivity index (χ4n) is 4.26. The van der Waals surface area contributed by atoms with Gasteiger partial charge in [-0.1, -0.05) is 32.9 Å². The molecule has 2 N–H and O–H groups in total. The second-order valence-electron chi connectivity index (χ2n) is 7.99. The molecular weight excluding hydrogens is 392 g/mol. The molecule has 1 aliphatic rings. The molecule has 31 heavy (non-hydrogen) atoms. The van der Waals surface area contributed by atoms with Crippen molar-refractivity contribution in [3.05, 3.63) is 47.5 Å². The van der Waals surface area contributed by atoms with E-state index in [-0.39, 0.29) is 18.4 Å². The maximum absolute atomic E-state index is 11.4. The van der Waals surface area contributed by atoms with Gasteiger partial charge in [0.2, 0.25) is 0 Å². The summed E-state index contributed by atoms with van der Waals surface area (Å²) >= 11 is 0. The molecule has 0 aliphatic carbocycles. The lowest BCUT2D eigenvalue weighted by atomic mass is 9.90. The first-order valence-electron chi connectivity index (χ1n) is 11.3. The average Bonchev–Trinajstić information content (AvgIpc) is 2.80. The smallest absolute Gasteiger partial charge is 0.303 e. The molecule has 3 rings (SSSR count). The molecule has 0 amide bonds. The molecule has 2 aromatic rings. The van der Waals surface area contributed by atoms with Crippen molar-refractivity contribution in [1.82, 2.24) is 14.9 Å². The fraction of sp³-hybridized carbons (Fsp3) is 0.542. The quantitative estimate of drug-likeness (QED) is 0.577. The molecule has 2 heterocycles. The maximum atomic E-state index is 11.4. The molecule has 0 saturated carbocycles. The van der Waals surface area contributed by atoms with Gasteiger partial charge in [0.05, 0.1) is 37.7 Å². The number of anilines is 2. The van der Waals surface area contributed by atoms with Gasteiger partial charge in [-0.2, -0.15) is 0 Å². The zero-order valence-corrected chi connectivity index (χ0v) is 18.8. The van der Waals surface area contributed by atoms with Crippen LogP contribution >= 0.6 is 0 Å². The highest BCUT2D eigenvalue weighted by Crippen LogP contribution is 2.36. The summed E-state index contributed by atoms with van der Waals surface area (Å²) in [6, 6.07) is 6.63. The predicted molar refractivity (Wildman–Crippen MR) is 122 cm³/mol. The van der Waals surface area contributed by atoms with Gasteiger partial charge in [0.15, 0.2) is 0 Å². The van der Waals surface area contributed by atoms with Crippen LogP contribution in [0.15, 0.2) is 30.6 Å². The Morgan fingerprint density at radius 2 is 1.87 bits per heavy atom. The van der Waals surface area contributed by atoms with Crippen molar-refractivity contribution in [1.29, 1.82) is 0 Å². The summed E-state index contributed by atoms with van der Waals surface area (Å²) in [4.78, 5) is 22.6. The molecule has 2 atom stereocenters. The summed E-state index contributed by atoms with van der Waals surface area (Å²) in [5.74, 6) is 0.0230. The average molecular weight is 427 g/mol. The van der Waals surface area contributed by atoms with Crippen LogP contribution in [0.5, 0.6) is 0 Å². The number of benzene rings is 1. The number of nitrogens with one attached hydrogen (secondary N) is 1. The summed E-state index contributed by atoms with van der Waals surface area (Å²) in [7, 11) is 0. The fourth-order valence-corrected chi connectivity index (χ4v) is 4.26. The summed E-state index contributed by atoms with van der Waals surface area (Å²) in [5.41, 5.74) is 4.07. The summed E-state index contributed by atoms with van der Waals surface area (Å²) in [6.45, 7) is 9.59. The lowest BCUT2D eigenvalue weighted by Crippen LogP contribution is -2.39. The number of aliphatic carboxylic acids is 1. The van der Waals surface area contributed by atoms with Gasteiger partial charge in [0.25, 0.3) is 0 Å². The number of hydrogen-bond acceptors (Lipinski definition) is 6. The third-order valence-electron chi connectivity index (χ3n) is 6.00. The van der Waals surface area contributed by atoms with Crippen LogP contribution in [0.2, 0.25) is 0 Å². The van der Waals surface area contributed by atoms with Gasteiger partial charge in [0, 0.05) is 31.2 Å². The second-order valence-corrected chi connectivity index (χ2v) is 7.99. The van der Waals surface area contributed by atoms with Gasteiger partial charge in [-0.05, 0) is 36.0 Å². The minimum atomic E-state index is -0.770. The molecule has 1 saturated heterocycles. The number of aromatic nitrogens is 2. The second kappa shape index (κ2) is 11.2. The number of ether oxygens (including phenoxy) is 1. The monoisotopic (exact) mass is 426 g/mol. The Labute approximate surface area is 184 Å². The van der Waals surface area contributed by atoms with E-state index in [9.17, 15) is 9.90 Å². The highest BCUT2D eigenvalue weighted by atomic mass is 16.5. The van der Waals surface area contributed by atoms with Crippen molar-refractivity contribution in [3.8, 4) is 0 Å².